The van der Waals surface area contributed by atoms with Crippen LogP contribution in [0.2, 0.25) is 0 Å². The zero-order valence-corrected chi connectivity index (χ0v) is 25.0. The van der Waals surface area contributed by atoms with Crippen LogP contribution in [-0.4, -0.2) is 19.9 Å². The highest BCUT2D eigenvalue weighted by atomic mass is 14.7. The van der Waals surface area contributed by atoms with Gasteiger partial charge in [0.15, 0.2) is 0 Å². The molecule has 0 aliphatic heterocycles. The Morgan fingerprint density at radius 2 is 0.848 bits per heavy atom. The summed E-state index contributed by atoms with van der Waals surface area (Å²) in [4.78, 5) is 18.9. The van der Waals surface area contributed by atoms with E-state index in [-0.39, 0.29) is 0 Å². The molecule has 4 heterocycles. The van der Waals surface area contributed by atoms with Gasteiger partial charge in [-0.15, -0.1) is 0 Å². The molecule has 0 amide bonds. The van der Waals surface area contributed by atoms with Crippen molar-refractivity contribution in [3.63, 3.8) is 0 Å². The van der Waals surface area contributed by atoms with E-state index in [1.807, 2.05) is 61.1 Å². The predicted octanol–water partition coefficient (Wildman–Crippen LogP) is 10.4. The number of aromatic nitrogens is 4. The van der Waals surface area contributed by atoms with Crippen molar-refractivity contribution >= 4 is 10.9 Å². The van der Waals surface area contributed by atoms with Gasteiger partial charge in [0, 0.05) is 46.2 Å². The molecule has 0 spiro atoms. The fraction of sp³-hybridized carbons (Fsp3) is 0. The molecule has 0 aliphatic carbocycles. The summed E-state index contributed by atoms with van der Waals surface area (Å²) in [7, 11) is 0. The summed E-state index contributed by atoms with van der Waals surface area (Å²) in [5.41, 5.74) is 13.4. The maximum atomic E-state index is 5.22. The molecule has 4 aromatic heterocycles. The van der Waals surface area contributed by atoms with Crippen molar-refractivity contribution in [1.29, 1.82) is 0 Å². The summed E-state index contributed by atoms with van der Waals surface area (Å²) < 4.78 is 0. The van der Waals surface area contributed by atoms with Crippen LogP contribution in [0.1, 0.15) is 0 Å². The SMILES string of the molecule is c1ccc(-c2cccc(-c3cc(-c4ccc(-c5cccc6ncccc56)cc4)cc(-c4cccc(-c5ccccn5)c4)n3)c2)nc1. The number of fused-ring (bicyclic) bond motifs is 1. The van der Waals surface area contributed by atoms with Crippen LogP contribution in [0.25, 0.3) is 78.2 Å². The van der Waals surface area contributed by atoms with E-state index < -0.39 is 0 Å². The number of hydrogen-bond donors (Lipinski definition) is 0. The molecule has 0 aliphatic rings. The largest absolute Gasteiger partial charge is 0.256 e. The average Bonchev–Trinajstić information content (AvgIpc) is 3.15. The van der Waals surface area contributed by atoms with Gasteiger partial charge in [-0.2, -0.15) is 0 Å². The molecule has 4 nitrogen and oxygen atoms in total. The van der Waals surface area contributed by atoms with Gasteiger partial charge in [-0.25, -0.2) is 4.98 Å². The third-order valence-corrected chi connectivity index (χ3v) is 8.24. The summed E-state index contributed by atoms with van der Waals surface area (Å²) in [5.74, 6) is 0. The summed E-state index contributed by atoms with van der Waals surface area (Å²) in [6, 6.07) is 52.4. The van der Waals surface area contributed by atoms with Gasteiger partial charge in [-0.1, -0.05) is 91.0 Å². The van der Waals surface area contributed by atoms with Crippen LogP contribution in [0.15, 0.2) is 170 Å². The molecule has 8 rings (SSSR count). The lowest BCUT2D eigenvalue weighted by Gasteiger charge is -2.13. The standard InChI is InChI=1S/C42H28N4/c1-3-22-43-38(15-1)31-9-5-11-33(25-31)41-27-35(28-42(46-41)34-12-6-10-32(26-34)39-16-2-4-23-44-39)29-18-20-30(21-19-29)36-13-7-17-40-37(36)14-8-24-45-40/h1-28H. The van der Waals surface area contributed by atoms with Crippen LogP contribution in [0.3, 0.4) is 0 Å². The molecular weight excluding hydrogens is 560 g/mol. The molecule has 216 valence electrons. The maximum absolute atomic E-state index is 5.22. The van der Waals surface area contributed by atoms with Gasteiger partial charge < -0.3 is 0 Å². The Balaban J connectivity index is 1.25. The number of benzene rings is 4. The Kier molecular flexibility index (Phi) is 7.14. The number of pyridine rings is 4. The topological polar surface area (TPSA) is 51.6 Å². The predicted molar refractivity (Wildman–Crippen MR) is 188 cm³/mol. The van der Waals surface area contributed by atoms with Crippen LogP contribution in [-0.2, 0) is 0 Å². The summed E-state index contributed by atoms with van der Waals surface area (Å²) in [5, 5.41) is 1.15. The minimum absolute atomic E-state index is 0.901. The van der Waals surface area contributed by atoms with E-state index in [2.05, 4.69) is 124 Å². The zero-order valence-electron chi connectivity index (χ0n) is 25.0. The number of hydrogen-bond acceptors (Lipinski definition) is 4. The first-order valence-corrected chi connectivity index (χ1v) is 15.3. The molecule has 0 unspecified atom stereocenters. The Hall–Kier alpha value is -6.26. The van der Waals surface area contributed by atoms with Crippen molar-refractivity contribution in [2.24, 2.45) is 0 Å². The second kappa shape index (κ2) is 12.0. The lowest BCUT2D eigenvalue weighted by Crippen LogP contribution is -1.93. The maximum Gasteiger partial charge on any atom is 0.0715 e. The minimum atomic E-state index is 0.901. The van der Waals surface area contributed by atoms with Crippen LogP contribution in [0.5, 0.6) is 0 Å². The lowest BCUT2D eigenvalue weighted by molar-refractivity contribution is 1.30. The Bertz CT molecular complexity index is 2190. The van der Waals surface area contributed by atoms with E-state index in [9.17, 15) is 0 Å². The Morgan fingerprint density at radius 3 is 1.43 bits per heavy atom. The van der Waals surface area contributed by atoms with E-state index >= 15 is 0 Å². The molecule has 0 saturated heterocycles. The second-order valence-electron chi connectivity index (χ2n) is 11.2. The number of nitrogens with zero attached hydrogens (tertiary/aromatic N) is 4. The van der Waals surface area contributed by atoms with Crippen LogP contribution in [0, 0.1) is 0 Å². The summed E-state index contributed by atoms with van der Waals surface area (Å²) >= 11 is 0. The van der Waals surface area contributed by atoms with Gasteiger partial charge in [0.1, 0.15) is 0 Å². The molecule has 4 aromatic carbocycles. The third kappa shape index (κ3) is 5.44. The van der Waals surface area contributed by atoms with Gasteiger partial charge in [-0.05, 0) is 82.9 Å². The summed E-state index contributed by atoms with van der Waals surface area (Å²) in [6.07, 6.45) is 5.49. The van der Waals surface area contributed by atoms with Crippen molar-refractivity contribution in [1.82, 2.24) is 19.9 Å². The van der Waals surface area contributed by atoms with Crippen LogP contribution < -0.4 is 0 Å². The van der Waals surface area contributed by atoms with Crippen molar-refractivity contribution < 1.29 is 0 Å². The second-order valence-corrected chi connectivity index (χ2v) is 11.2. The van der Waals surface area contributed by atoms with Crippen LogP contribution in [0.4, 0.5) is 0 Å². The quantitative estimate of drug-likeness (QED) is 0.194. The van der Waals surface area contributed by atoms with Gasteiger partial charge in [0.25, 0.3) is 0 Å². The zero-order chi connectivity index (χ0) is 30.7. The summed E-state index contributed by atoms with van der Waals surface area (Å²) in [6.45, 7) is 0. The highest BCUT2D eigenvalue weighted by Gasteiger charge is 2.12. The molecule has 0 atom stereocenters. The fourth-order valence-corrected chi connectivity index (χ4v) is 5.93. The molecule has 8 aromatic rings. The monoisotopic (exact) mass is 588 g/mol. The van der Waals surface area contributed by atoms with Crippen molar-refractivity contribution in [2.45, 2.75) is 0 Å². The molecule has 0 saturated carbocycles. The van der Waals surface area contributed by atoms with Gasteiger partial charge in [0.05, 0.1) is 28.3 Å². The first-order valence-electron chi connectivity index (χ1n) is 15.3. The molecule has 0 radical (unpaired) electrons. The van der Waals surface area contributed by atoms with Gasteiger partial charge in [-0.3, -0.25) is 15.0 Å². The first-order chi connectivity index (χ1) is 22.8. The molecule has 0 bridgehead atoms. The highest BCUT2D eigenvalue weighted by molar-refractivity contribution is 5.95. The Labute approximate surface area is 267 Å². The first kappa shape index (κ1) is 27.3. The van der Waals surface area contributed by atoms with E-state index in [0.29, 0.717) is 0 Å². The Morgan fingerprint density at radius 1 is 0.304 bits per heavy atom. The van der Waals surface area contributed by atoms with Crippen molar-refractivity contribution in [3.05, 3.63) is 170 Å². The van der Waals surface area contributed by atoms with Crippen LogP contribution >= 0.6 is 0 Å². The van der Waals surface area contributed by atoms with Gasteiger partial charge in [0.2, 0.25) is 0 Å². The normalized spacial score (nSPS) is 11.0. The third-order valence-electron chi connectivity index (χ3n) is 8.24. The van der Waals surface area contributed by atoms with E-state index in [0.717, 1.165) is 72.6 Å². The van der Waals surface area contributed by atoms with E-state index in [1.165, 1.54) is 5.56 Å². The van der Waals surface area contributed by atoms with E-state index in [1.54, 1.807) is 0 Å². The average molecular weight is 589 g/mol. The van der Waals surface area contributed by atoms with Gasteiger partial charge >= 0.3 is 0 Å². The minimum Gasteiger partial charge on any atom is -0.256 e. The molecule has 4 heteroatoms. The highest BCUT2D eigenvalue weighted by Crippen LogP contribution is 2.35. The molecular formula is C42H28N4. The van der Waals surface area contributed by atoms with Crippen molar-refractivity contribution in [2.75, 3.05) is 0 Å². The fourth-order valence-electron chi connectivity index (χ4n) is 5.93. The molecule has 0 fully saturated rings. The lowest BCUT2D eigenvalue weighted by atomic mass is 9.95. The smallest absolute Gasteiger partial charge is 0.0715 e. The number of rotatable bonds is 6. The van der Waals surface area contributed by atoms with E-state index in [4.69, 9.17) is 4.98 Å². The molecule has 0 N–H and O–H groups in total. The van der Waals surface area contributed by atoms with Crippen molar-refractivity contribution in [3.8, 4) is 67.3 Å². The molecule has 46 heavy (non-hydrogen) atoms.